The number of allylic oxidation sites excluding steroid dienone is 1. The molecule has 2 rings (SSSR count). The van der Waals surface area contributed by atoms with Gasteiger partial charge in [0.25, 0.3) is 0 Å². The highest BCUT2D eigenvalue weighted by molar-refractivity contribution is 8.00. The highest BCUT2D eigenvalue weighted by Crippen LogP contribution is 2.32. The third-order valence-corrected chi connectivity index (χ3v) is 3.61. The summed E-state index contributed by atoms with van der Waals surface area (Å²) < 4.78 is 11.1. The Kier molecular flexibility index (Phi) is 5.80. The zero-order chi connectivity index (χ0) is 14.2. The molecule has 1 aromatic rings. The van der Waals surface area contributed by atoms with Crippen LogP contribution in [0.25, 0.3) is 0 Å². The third-order valence-electron chi connectivity index (χ3n) is 2.71. The molecule has 20 heavy (non-hydrogen) atoms. The molecule has 1 amide bonds. The lowest BCUT2D eigenvalue weighted by molar-refractivity contribution is -0.113. The number of amides is 1. The molecule has 1 heterocycles. The number of hydrogen-bond acceptors (Lipinski definition) is 4. The van der Waals surface area contributed by atoms with Crippen molar-refractivity contribution in [1.29, 1.82) is 0 Å². The lowest BCUT2D eigenvalue weighted by Gasteiger charge is -2.10. The van der Waals surface area contributed by atoms with Gasteiger partial charge in [-0.25, -0.2) is 0 Å². The van der Waals surface area contributed by atoms with Gasteiger partial charge in [-0.3, -0.25) is 4.79 Å². The minimum Gasteiger partial charge on any atom is -0.490 e. The molecule has 1 aliphatic heterocycles. The number of fused-ring (bicyclic) bond motifs is 1. The number of carbonyl (C=O) groups excluding carboxylic acids is 1. The zero-order valence-corrected chi connectivity index (χ0v) is 12.4. The van der Waals surface area contributed by atoms with Gasteiger partial charge < -0.3 is 14.8 Å². The second-order valence-corrected chi connectivity index (χ2v) is 5.37. The first kappa shape index (κ1) is 14.8. The van der Waals surface area contributed by atoms with Gasteiger partial charge in [0.1, 0.15) is 0 Å². The standard InChI is InChI=1S/C15H19NO3S/c1-2-3-9-20-11-15(17)16-12-5-6-13-14(10-12)19-8-4-7-18-13/h2-3,5-6,10H,4,7-9,11H2,1H3,(H,16,17). The van der Waals surface area contributed by atoms with E-state index in [-0.39, 0.29) is 5.91 Å². The van der Waals surface area contributed by atoms with Crippen molar-refractivity contribution in [2.24, 2.45) is 0 Å². The molecule has 0 saturated carbocycles. The first-order chi connectivity index (χ1) is 9.79. The maximum absolute atomic E-state index is 11.8. The van der Waals surface area contributed by atoms with Crippen LogP contribution < -0.4 is 14.8 Å². The molecule has 1 aromatic carbocycles. The number of thioether (sulfide) groups is 1. The monoisotopic (exact) mass is 293 g/mol. The predicted molar refractivity (Wildman–Crippen MR) is 82.8 cm³/mol. The van der Waals surface area contributed by atoms with Crippen LogP contribution in [0, 0.1) is 0 Å². The molecule has 4 nitrogen and oxygen atoms in total. The van der Waals surface area contributed by atoms with E-state index in [0.717, 1.165) is 23.6 Å². The second-order valence-electron chi connectivity index (χ2n) is 4.34. The molecule has 1 N–H and O–H groups in total. The topological polar surface area (TPSA) is 47.6 Å². The van der Waals surface area contributed by atoms with Crippen molar-refractivity contribution >= 4 is 23.4 Å². The maximum Gasteiger partial charge on any atom is 0.234 e. The summed E-state index contributed by atoms with van der Waals surface area (Å²) in [5.74, 6) is 2.72. The Bertz CT molecular complexity index is 488. The van der Waals surface area contributed by atoms with Crippen molar-refractivity contribution < 1.29 is 14.3 Å². The molecule has 0 fully saturated rings. The van der Waals surface area contributed by atoms with Crippen LogP contribution in [0.1, 0.15) is 13.3 Å². The van der Waals surface area contributed by atoms with E-state index in [4.69, 9.17) is 9.47 Å². The van der Waals surface area contributed by atoms with Crippen molar-refractivity contribution in [3.63, 3.8) is 0 Å². The van der Waals surface area contributed by atoms with Crippen LogP contribution in [0.15, 0.2) is 30.4 Å². The lowest BCUT2D eigenvalue weighted by Crippen LogP contribution is -2.14. The fourth-order valence-corrected chi connectivity index (χ4v) is 2.46. The first-order valence-corrected chi connectivity index (χ1v) is 7.83. The van der Waals surface area contributed by atoms with Gasteiger partial charge in [-0.1, -0.05) is 12.2 Å². The lowest BCUT2D eigenvalue weighted by atomic mass is 10.2. The zero-order valence-electron chi connectivity index (χ0n) is 11.6. The molecule has 0 bridgehead atoms. The van der Waals surface area contributed by atoms with E-state index in [1.54, 1.807) is 11.8 Å². The van der Waals surface area contributed by atoms with E-state index in [9.17, 15) is 4.79 Å². The van der Waals surface area contributed by atoms with E-state index in [2.05, 4.69) is 5.32 Å². The predicted octanol–water partition coefficient (Wildman–Crippen LogP) is 3.10. The SMILES string of the molecule is CC=CCSCC(=O)Nc1ccc2c(c1)OCCCO2. The molecule has 0 atom stereocenters. The summed E-state index contributed by atoms with van der Waals surface area (Å²) in [6, 6.07) is 5.49. The number of nitrogens with one attached hydrogen (secondary N) is 1. The molecule has 1 aliphatic rings. The van der Waals surface area contributed by atoms with Crippen LogP contribution in [-0.2, 0) is 4.79 Å². The molecular formula is C15H19NO3S. The average Bonchev–Trinajstić information content (AvgIpc) is 2.68. The number of hydrogen-bond donors (Lipinski definition) is 1. The van der Waals surface area contributed by atoms with E-state index >= 15 is 0 Å². The van der Waals surface area contributed by atoms with E-state index in [0.29, 0.717) is 24.7 Å². The number of rotatable bonds is 5. The number of anilines is 1. The summed E-state index contributed by atoms with van der Waals surface area (Å²) in [7, 11) is 0. The van der Waals surface area contributed by atoms with Crippen molar-refractivity contribution in [1.82, 2.24) is 0 Å². The van der Waals surface area contributed by atoms with Crippen molar-refractivity contribution in [2.75, 3.05) is 30.0 Å². The van der Waals surface area contributed by atoms with Gasteiger partial charge in [-0.15, -0.1) is 11.8 Å². The highest BCUT2D eigenvalue weighted by Gasteiger charge is 2.11. The summed E-state index contributed by atoms with van der Waals surface area (Å²) in [4.78, 5) is 11.8. The Morgan fingerprint density at radius 1 is 1.35 bits per heavy atom. The first-order valence-electron chi connectivity index (χ1n) is 6.68. The van der Waals surface area contributed by atoms with Gasteiger partial charge in [0.05, 0.1) is 19.0 Å². The van der Waals surface area contributed by atoms with E-state index in [1.165, 1.54) is 0 Å². The quantitative estimate of drug-likeness (QED) is 0.669. The largest absolute Gasteiger partial charge is 0.490 e. The van der Waals surface area contributed by atoms with Crippen LogP contribution in [0.5, 0.6) is 11.5 Å². The normalized spacial score (nSPS) is 14.1. The van der Waals surface area contributed by atoms with Crippen LogP contribution in [-0.4, -0.2) is 30.6 Å². The molecule has 108 valence electrons. The minimum absolute atomic E-state index is 0.00556. The molecule has 0 unspecified atom stereocenters. The van der Waals surface area contributed by atoms with Gasteiger partial charge in [0.15, 0.2) is 11.5 Å². The Labute approximate surface area is 123 Å². The molecule has 0 aliphatic carbocycles. The Morgan fingerprint density at radius 3 is 2.95 bits per heavy atom. The molecule has 0 saturated heterocycles. The number of benzene rings is 1. The van der Waals surface area contributed by atoms with Crippen LogP contribution in [0.2, 0.25) is 0 Å². The van der Waals surface area contributed by atoms with E-state index < -0.39 is 0 Å². The second kappa shape index (κ2) is 7.85. The Balaban J connectivity index is 1.89. The molecule has 0 radical (unpaired) electrons. The minimum atomic E-state index is -0.00556. The van der Waals surface area contributed by atoms with Crippen LogP contribution in [0.3, 0.4) is 0 Å². The molecule has 5 heteroatoms. The summed E-state index contributed by atoms with van der Waals surface area (Å²) in [5.41, 5.74) is 0.742. The van der Waals surface area contributed by atoms with E-state index in [1.807, 2.05) is 37.3 Å². The Hall–Kier alpha value is -1.62. The third kappa shape index (κ3) is 4.49. The van der Waals surface area contributed by atoms with Crippen molar-refractivity contribution in [3.05, 3.63) is 30.4 Å². The fourth-order valence-electron chi connectivity index (χ4n) is 1.75. The molecule has 0 spiro atoms. The van der Waals surface area contributed by atoms with Gasteiger partial charge >= 0.3 is 0 Å². The van der Waals surface area contributed by atoms with Gasteiger partial charge in [-0.2, -0.15) is 0 Å². The highest BCUT2D eigenvalue weighted by atomic mass is 32.2. The van der Waals surface area contributed by atoms with Crippen molar-refractivity contribution in [2.45, 2.75) is 13.3 Å². The Morgan fingerprint density at radius 2 is 2.15 bits per heavy atom. The van der Waals surface area contributed by atoms with Gasteiger partial charge in [0, 0.05) is 23.9 Å². The molecular weight excluding hydrogens is 274 g/mol. The number of carbonyl (C=O) groups is 1. The van der Waals surface area contributed by atoms with Crippen LogP contribution >= 0.6 is 11.8 Å². The summed E-state index contributed by atoms with van der Waals surface area (Å²) in [6.45, 7) is 3.28. The van der Waals surface area contributed by atoms with Gasteiger partial charge in [0.2, 0.25) is 5.91 Å². The van der Waals surface area contributed by atoms with Crippen molar-refractivity contribution in [3.8, 4) is 11.5 Å². The fraction of sp³-hybridized carbons (Fsp3) is 0.400. The summed E-state index contributed by atoms with van der Waals surface area (Å²) >= 11 is 1.58. The maximum atomic E-state index is 11.8. The van der Waals surface area contributed by atoms with Gasteiger partial charge in [-0.05, 0) is 19.1 Å². The summed E-state index contributed by atoms with van der Waals surface area (Å²) in [6.07, 6.45) is 4.89. The average molecular weight is 293 g/mol. The smallest absolute Gasteiger partial charge is 0.234 e. The summed E-state index contributed by atoms with van der Waals surface area (Å²) in [5, 5.41) is 2.87. The van der Waals surface area contributed by atoms with Crippen LogP contribution in [0.4, 0.5) is 5.69 Å². The molecule has 0 aromatic heterocycles. The number of ether oxygens (including phenoxy) is 2.